The molecule has 0 aliphatic heterocycles. The van der Waals surface area contributed by atoms with Gasteiger partial charge in [-0.2, -0.15) is 0 Å². The quantitative estimate of drug-likeness (QED) is 0.636. The Morgan fingerprint density at radius 2 is 1.90 bits per heavy atom. The molecule has 1 atom stereocenters. The van der Waals surface area contributed by atoms with Gasteiger partial charge in [-0.3, -0.25) is 4.90 Å². The first-order valence-electron chi connectivity index (χ1n) is 3.24. The Kier molecular flexibility index (Phi) is 4.47. The van der Waals surface area contributed by atoms with Crippen LogP contribution in [0.15, 0.2) is 0 Å². The minimum atomic E-state index is -2.26. The van der Waals surface area contributed by atoms with Gasteiger partial charge in [0.15, 0.2) is 0 Å². The molecule has 2 nitrogen and oxygen atoms in total. The second-order valence-electron chi connectivity index (χ2n) is 2.59. The van der Waals surface area contributed by atoms with Crippen LogP contribution in [0, 0.1) is 0 Å². The van der Waals surface area contributed by atoms with Gasteiger partial charge in [-0.05, 0) is 14.0 Å². The van der Waals surface area contributed by atoms with Gasteiger partial charge >= 0.3 is 0 Å². The smallest absolute Gasteiger partial charge is 0.251 e. The third-order valence-corrected chi connectivity index (χ3v) is 1.05. The van der Waals surface area contributed by atoms with Gasteiger partial charge in [-0.15, -0.1) is 0 Å². The van der Waals surface area contributed by atoms with Crippen molar-refractivity contribution in [2.24, 2.45) is 5.73 Å². The van der Waals surface area contributed by atoms with E-state index >= 15 is 0 Å². The molecule has 0 aliphatic carbocycles. The molecule has 0 fully saturated rings. The third kappa shape index (κ3) is 5.91. The second kappa shape index (κ2) is 4.57. The van der Waals surface area contributed by atoms with Crippen molar-refractivity contribution in [3.8, 4) is 0 Å². The molecule has 0 spiro atoms. The molecule has 0 aromatic rings. The molecule has 0 rings (SSSR count). The SMILES string of the molecule is C[C@H](N)CN(C)CC(F)F. The van der Waals surface area contributed by atoms with E-state index in [1.807, 2.05) is 0 Å². The third-order valence-electron chi connectivity index (χ3n) is 1.05. The Labute approximate surface area is 60.0 Å². The summed E-state index contributed by atoms with van der Waals surface area (Å²) in [5.41, 5.74) is 5.38. The lowest BCUT2D eigenvalue weighted by Crippen LogP contribution is -2.35. The normalized spacial score (nSPS) is 14.7. The number of nitrogens with two attached hydrogens (primary N) is 1. The van der Waals surface area contributed by atoms with Crippen molar-refractivity contribution >= 4 is 0 Å². The van der Waals surface area contributed by atoms with E-state index in [0.717, 1.165) is 0 Å². The van der Waals surface area contributed by atoms with Crippen molar-refractivity contribution in [3.63, 3.8) is 0 Å². The second-order valence-corrected chi connectivity index (χ2v) is 2.59. The maximum atomic E-state index is 11.7. The first-order chi connectivity index (χ1) is 4.52. The first-order valence-corrected chi connectivity index (χ1v) is 3.24. The van der Waals surface area contributed by atoms with Crippen molar-refractivity contribution < 1.29 is 8.78 Å². The Morgan fingerprint density at radius 3 is 2.20 bits per heavy atom. The molecule has 2 N–H and O–H groups in total. The fourth-order valence-electron chi connectivity index (χ4n) is 0.802. The lowest BCUT2D eigenvalue weighted by atomic mass is 10.3. The summed E-state index contributed by atoms with van der Waals surface area (Å²) in [6.45, 7) is 2.12. The predicted molar refractivity (Wildman–Crippen MR) is 37.2 cm³/mol. The maximum Gasteiger partial charge on any atom is 0.251 e. The Hall–Kier alpha value is -0.220. The molecule has 0 unspecified atom stereocenters. The van der Waals surface area contributed by atoms with Gasteiger partial charge in [0.1, 0.15) is 0 Å². The largest absolute Gasteiger partial charge is 0.327 e. The number of rotatable bonds is 4. The maximum absolute atomic E-state index is 11.7. The molecule has 62 valence electrons. The molecule has 0 aliphatic rings. The molecule has 0 aromatic carbocycles. The molecule has 0 bridgehead atoms. The highest BCUT2D eigenvalue weighted by molar-refractivity contribution is 4.60. The van der Waals surface area contributed by atoms with Crippen LogP contribution in [0.2, 0.25) is 0 Å². The molecule has 0 heterocycles. The number of nitrogens with zero attached hydrogens (tertiary/aromatic N) is 1. The number of halogens is 2. The van der Waals surface area contributed by atoms with Crippen LogP contribution >= 0.6 is 0 Å². The molecule has 0 aromatic heterocycles. The zero-order valence-corrected chi connectivity index (χ0v) is 6.35. The Bertz CT molecular complexity index is 75.8. The minimum absolute atomic E-state index is 0.0382. The molecular weight excluding hydrogens is 138 g/mol. The van der Waals surface area contributed by atoms with Crippen LogP contribution in [0.5, 0.6) is 0 Å². The van der Waals surface area contributed by atoms with Crippen molar-refractivity contribution in [2.45, 2.75) is 19.4 Å². The van der Waals surface area contributed by atoms with Crippen molar-refractivity contribution in [1.29, 1.82) is 0 Å². The van der Waals surface area contributed by atoms with E-state index in [0.29, 0.717) is 6.54 Å². The van der Waals surface area contributed by atoms with Crippen LogP contribution in [-0.4, -0.2) is 37.5 Å². The van der Waals surface area contributed by atoms with E-state index in [1.165, 1.54) is 4.90 Å². The number of hydrogen-bond donors (Lipinski definition) is 1. The van der Waals surface area contributed by atoms with E-state index in [2.05, 4.69) is 0 Å². The van der Waals surface area contributed by atoms with Gasteiger partial charge < -0.3 is 5.73 Å². The topological polar surface area (TPSA) is 29.3 Å². The van der Waals surface area contributed by atoms with Gasteiger partial charge in [-0.25, -0.2) is 8.78 Å². The van der Waals surface area contributed by atoms with Crippen molar-refractivity contribution in [2.75, 3.05) is 20.1 Å². The summed E-state index contributed by atoms with van der Waals surface area (Å²) in [6.07, 6.45) is -2.26. The standard InChI is InChI=1S/C6H14F2N2/c1-5(9)3-10(2)4-6(7)8/h5-6H,3-4,9H2,1-2H3/t5-/m0/s1. The summed E-state index contributed by atoms with van der Waals surface area (Å²) >= 11 is 0. The lowest BCUT2D eigenvalue weighted by Gasteiger charge is -2.17. The van der Waals surface area contributed by atoms with Crippen LogP contribution in [0.1, 0.15) is 6.92 Å². The zero-order valence-electron chi connectivity index (χ0n) is 6.35. The summed E-state index contributed by atoms with van der Waals surface area (Å²) < 4.78 is 23.3. The van der Waals surface area contributed by atoms with E-state index in [9.17, 15) is 8.78 Å². The summed E-state index contributed by atoms with van der Waals surface area (Å²) in [7, 11) is 1.63. The molecule has 0 saturated heterocycles. The number of alkyl halides is 2. The predicted octanol–water partition coefficient (Wildman–Crippen LogP) is 0.530. The highest BCUT2D eigenvalue weighted by Gasteiger charge is 2.08. The zero-order chi connectivity index (χ0) is 8.15. The minimum Gasteiger partial charge on any atom is -0.327 e. The lowest BCUT2D eigenvalue weighted by molar-refractivity contribution is 0.0986. The molecule has 10 heavy (non-hydrogen) atoms. The average Bonchev–Trinajstić information content (AvgIpc) is 1.58. The van der Waals surface area contributed by atoms with E-state index < -0.39 is 6.43 Å². The highest BCUT2D eigenvalue weighted by atomic mass is 19.3. The number of hydrogen-bond acceptors (Lipinski definition) is 2. The summed E-state index contributed by atoms with van der Waals surface area (Å²) in [4.78, 5) is 1.52. The summed E-state index contributed by atoms with van der Waals surface area (Å²) in [6, 6.07) is -0.0382. The van der Waals surface area contributed by atoms with Gasteiger partial charge in [0.25, 0.3) is 6.43 Å². The average molecular weight is 152 g/mol. The molecular formula is C6H14F2N2. The van der Waals surface area contributed by atoms with Crippen LogP contribution in [0.25, 0.3) is 0 Å². The monoisotopic (exact) mass is 152 g/mol. The van der Waals surface area contributed by atoms with Crippen LogP contribution in [0.4, 0.5) is 8.78 Å². The van der Waals surface area contributed by atoms with Gasteiger partial charge in [0, 0.05) is 12.6 Å². The first kappa shape index (κ1) is 9.78. The van der Waals surface area contributed by atoms with Crippen LogP contribution in [-0.2, 0) is 0 Å². The van der Waals surface area contributed by atoms with Gasteiger partial charge in [-0.1, -0.05) is 0 Å². The molecule has 0 saturated carbocycles. The molecule has 0 radical (unpaired) electrons. The molecule has 0 amide bonds. The summed E-state index contributed by atoms with van der Waals surface area (Å²) in [5, 5.41) is 0. The fraction of sp³-hybridized carbons (Fsp3) is 1.00. The van der Waals surface area contributed by atoms with Crippen molar-refractivity contribution in [1.82, 2.24) is 4.90 Å². The molecule has 4 heteroatoms. The van der Waals surface area contributed by atoms with Crippen LogP contribution in [0.3, 0.4) is 0 Å². The van der Waals surface area contributed by atoms with Crippen LogP contribution < -0.4 is 5.73 Å². The van der Waals surface area contributed by atoms with E-state index in [1.54, 1.807) is 14.0 Å². The fourth-order valence-corrected chi connectivity index (χ4v) is 0.802. The van der Waals surface area contributed by atoms with Gasteiger partial charge in [0.2, 0.25) is 0 Å². The Balaban J connectivity index is 3.34. The van der Waals surface area contributed by atoms with Crippen molar-refractivity contribution in [3.05, 3.63) is 0 Å². The summed E-state index contributed by atoms with van der Waals surface area (Å²) in [5.74, 6) is 0. The Morgan fingerprint density at radius 1 is 1.40 bits per heavy atom. The number of likely N-dealkylation sites (N-methyl/N-ethyl adjacent to an activating group) is 1. The van der Waals surface area contributed by atoms with Gasteiger partial charge in [0.05, 0.1) is 6.54 Å². The van der Waals surface area contributed by atoms with E-state index in [4.69, 9.17) is 5.73 Å². The highest BCUT2D eigenvalue weighted by Crippen LogP contribution is 1.95. The van der Waals surface area contributed by atoms with E-state index in [-0.39, 0.29) is 12.6 Å².